The van der Waals surface area contributed by atoms with Crippen LogP contribution in [-0.2, 0) is 23.1 Å². The largest absolute Gasteiger partial charge is 0.437 e. The molecule has 0 heterocycles. The fraction of sp³-hybridized carbons (Fsp3) is 1.00. The van der Waals surface area contributed by atoms with E-state index in [4.69, 9.17) is 17.5 Å². The standard InChI is InChI=1S/C13H34O7SSi3/c1-22(2,3)19-24(7,20-23(4,5)6)10-8-9-18-11-13(14)12-21(15,16)17/h13-14H,8-12H2,1-7H3,(H,15,16,17). The average Bonchev–Trinajstić information content (AvgIpc) is 2.19. The summed E-state index contributed by atoms with van der Waals surface area (Å²) in [5, 5.41) is 9.46. The molecule has 1 atom stereocenters. The molecule has 1 unspecified atom stereocenters. The molecule has 11 heteroatoms. The van der Waals surface area contributed by atoms with E-state index < -0.39 is 47.2 Å². The van der Waals surface area contributed by atoms with Gasteiger partial charge in [0.05, 0.1) is 12.7 Å². The first-order chi connectivity index (χ1) is 10.5. The zero-order chi connectivity index (χ0) is 19.2. The van der Waals surface area contributed by atoms with E-state index in [1.165, 1.54) is 0 Å². The Labute approximate surface area is 150 Å². The van der Waals surface area contributed by atoms with E-state index in [0.717, 1.165) is 12.5 Å². The van der Waals surface area contributed by atoms with Gasteiger partial charge >= 0.3 is 8.56 Å². The van der Waals surface area contributed by atoms with Gasteiger partial charge in [0.1, 0.15) is 5.75 Å². The molecule has 0 radical (unpaired) electrons. The molecule has 0 bridgehead atoms. The first-order valence-electron chi connectivity index (χ1n) is 8.13. The molecule has 0 amide bonds. The Bertz CT molecular complexity index is 455. The van der Waals surface area contributed by atoms with E-state index in [2.05, 4.69) is 45.8 Å². The van der Waals surface area contributed by atoms with Crippen molar-refractivity contribution in [2.75, 3.05) is 19.0 Å². The number of hydrogen-bond acceptors (Lipinski definition) is 6. The highest BCUT2D eigenvalue weighted by molar-refractivity contribution is 7.85. The van der Waals surface area contributed by atoms with Crippen molar-refractivity contribution in [3.63, 3.8) is 0 Å². The molecule has 0 rings (SSSR count). The maximum Gasteiger partial charge on any atom is 0.314 e. The number of rotatable bonds is 12. The highest BCUT2D eigenvalue weighted by Gasteiger charge is 2.39. The summed E-state index contributed by atoms with van der Waals surface area (Å²) >= 11 is 0. The fourth-order valence-electron chi connectivity index (χ4n) is 2.42. The van der Waals surface area contributed by atoms with Crippen LogP contribution in [0, 0.1) is 0 Å². The van der Waals surface area contributed by atoms with Crippen molar-refractivity contribution in [1.29, 1.82) is 0 Å². The summed E-state index contributed by atoms with van der Waals surface area (Å²) in [6.07, 6.45) is -0.504. The fourth-order valence-corrected chi connectivity index (χ4v) is 15.5. The molecule has 0 aliphatic heterocycles. The molecular formula is C13H34O7SSi3. The van der Waals surface area contributed by atoms with Gasteiger partial charge in [0.2, 0.25) is 0 Å². The minimum atomic E-state index is -4.18. The lowest BCUT2D eigenvalue weighted by Crippen LogP contribution is -2.52. The maximum absolute atomic E-state index is 10.6. The van der Waals surface area contributed by atoms with Gasteiger partial charge < -0.3 is 18.1 Å². The molecule has 24 heavy (non-hydrogen) atoms. The smallest absolute Gasteiger partial charge is 0.314 e. The van der Waals surface area contributed by atoms with Crippen LogP contribution in [0.4, 0.5) is 0 Å². The van der Waals surface area contributed by atoms with Crippen molar-refractivity contribution < 1.29 is 31.0 Å². The lowest BCUT2D eigenvalue weighted by molar-refractivity contribution is 0.0469. The third-order valence-electron chi connectivity index (χ3n) is 2.68. The molecule has 0 aliphatic carbocycles. The van der Waals surface area contributed by atoms with E-state index in [9.17, 15) is 13.5 Å². The Balaban J connectivity index is 4.38. The first-order valence-corrected chi connectivity index (χ1v) is 19.1. The van der Waals surface area contributed by atoms with Crippen LogP contribution in [0.3, 0.4) is 0 Å². The van der Waals surface area contributed by atoms with Crippen LogP contribution in [0.25, 0.3) is 0 Å². The number of aliphatic hydroxyl groups is 1. The van der Waals surface area contributed by atoms with Gasteiger partial charge in [0, 0.05) is 6.61 Å². The summed E-state index contributed by atoms with van der Waals surface area (Å²) in [6.45, 7) is 15.2. The van der Waals surface area contributed by atoms with Crippen molar-refractivity contribution in [2.24, 2.45) is 0 Å². The molecule has 2 N–H and O–H groups in total. The number of aliphatic hydroxyl groups excluding tert-OH is 1. The molecule has 0 aliphatic rings. The topological polar surface area (TPSA) is 102 Å². The van der Waals surface area contributed by atoms with Crippen LogP contribution in [0.1, 0.15) is 6.42 Å². The SMILES string of the molecule is C[Si](C)(C)O[Si](C)(CCCOCC(O)CS(=O)(=O)O)O[Si](C)(C)C. The minimum Gasteiger partial charge on any atom is -0.437 e. The van der Waals surface area contributed by atoms with Gasteiger partial charge in [-0.3, -0.25) is 4.55 Å². The van der Waals surface area contributed by atoms with Crippen LogP contribution in [-0.4, -0.2) is 68.3 Å². The molecule has 146 valence electrons. The lowest BCUT2D eigenvalue weighted by atomic mass is 10.4. The third kappa shape index (κ3) is 14.7. The zero-order valence-electron chi connectivity index (χ0n) is 16.0. The molecule has 0 spiro atoms. The quantitative estimate of drug-likeness (QED) is 0.285. The Hall–Kier alpha value is 0.401. The van der Waals surface area contributed by atoms with Gasteiger partial charge in [0.25, 0.3) is 10.1 Å². The van der Waals surface area contributed by atoms with Crippen molar-refractivity contribution >= 4 is 35.3 Å². The van der Waals surface area contributed by atoms with Crippen LogP contribution in [0.5, 0.6) is 0 Å². The van der Waals surface area contributed by atoms with Crippen molar-refractivity contribution in [3.8, 4) is 0 Å². The number of ether oxygens (including phenoxy) is 1. The summed E-state index contributed by atoms with van der Waals surface area (Å²) in [5.41, 5.74) is 0. The predicted molar refractivity (Wildman–Crippen MR) is 103 cm³/mol. The van der Waals surface area contributed by atoms with Crippen molar-refractivity contribution in [1.82, 2.24) is 0 Å². The summed E-state index contributed by atoms with van der Waals surface area (Å²) in [7, 11) is -9.92. The van der Waals surface area contributed by atoms with Crippen LogP contribution >= 0.6 is 0 Å². The maximum atomic E-state index is 10.6. The van der Waals surface area contributed by atoms with Gasteiger partial charge in [-0.15, -0.1) is 0 Å². The predicted octanol–water partition coefficient (Wildman–Crippen LogP) is 2.42. The third-order valence-corrected chi connectivity index (χ3v) is 13.1. The monoisotopic (exact) mass is 418 g/mol. The summed E-state index contributed by atoms with van der Waals surface area (Å²) in [5.74, 6) is -0.711. The highest BCUT2D eigenvalue weighted by Crippen LogP contribution is 2.25. The molecule has 0 saturated carbocycles. The average molecular weight is 419 g/mol. The Morgan fingerprint density at radius 1 is 0.958 bits per heavy atom. The molecular weight excluding hydrogens is 384 g/mol. The van der Waals surface area contributed by atoms with Gasteiger partial charge in [-0.1, -0.05) is 0 Å². The van der Waals surface area contributed by atoms with E-state index in [0.29, 0.717) is 6.61 Å². The van der Waals surface area contributed by atoms with E-state index >= 15 is 0 Å². The van der Waals surface area contributed by atoms with Crippen molar-refractivity contribution in [3.05, 3.63) is 0 Å². The Kier molecular flexibility index (Phi) is 9.53. The van der Waals surface area contributed by atoms with Crippen LogP contribution < -0.4 is 0 Å². The van der Waals surface area contributed by atoms with Crippen molar-refractivity contribution in [2.45, 2.75) is 64.4 Å². The molecule has 0 saturated heterocycles. The summed E-state index contributed by atoms with van der Waals surface area (Å²) < 4.78 is 48.0. The van der Waals surface area contributed by atoms with Gasteiger partial charge in [0.15, 0.2) is 16.6 Å². The molecule has 7 nitrogen and oxygen atoms in total. The lowest BCUT2D eigenvalue weighted by Gasteiger charge is -2.38. The van der Waals surface area contributed by atoms with E-state index in [1.807, 2.05) is 0 Å². The normalized spacial score (nSPS) is 15.5. The van der Waals surface area contributed by atoms with Gasteiger partial charge in [-0.25, -0.2) is 0 Å². The summed E-state index contributed by atoms with van der Waals surface area (Å²) in [6, 6.07) is 0.788. The Morgan fingerprint density at radius 3 is 1.79 bits per heavy atom. The first kappa shape index (κ1) is 24.4. The molecule has 0 aromatic carbocycles. The second kappa shape index (κ2) is 9.37. The second-order valence-corrected chi connectivity index (χ2v) is 22.5. The molecule has 0 fully saturated rings. The molecule has 0 aromatic rings. The van der Waals surface area contributed by atoms with Gasteiger partial charge in [-0.2, -0.15) is 8.42 Å². The minimum absolute atomic E-state index is 0.123. The summed E-state index contributed by atoms with van der Waals surface area (Å²) in [4.78, 5) is 0. The van der Waals surface area contributed by atoms with E-state index in [1.54, 1.807) is 0 Å². The van der Waals surface area contributed by atoms with Crippen LogP contribution in [0.15, 0.2) is 0 Å². The number of hydrogen-bond donors (Lipinski definition) is 2. The molecule has 0 aromatic heterocycles. The van der Waals surface area contributed by atoms with E-state index in [-0.39, 0.29) is 6.61 Å². The Morgan fingerprint density at radius 2 is 1.42 bits per heavy atom. The zero-order valence-corrected chi connectivity index (χ0v) is 19.8. The van der Waals surface area contributed by atoms with Gasteiger partial charge in [-0.05, 0) is 58.3 Å². The second-order valence-electron chi connectivity index (χ2n) is 8.14. The van der Waals surface area contributed by atoms with Crippen LogP contribution in [0.2, 0.25) is 51.9 Å². The highest BCUT2D eigenvalue weighted by atomic mass is 32.2.